The molecular weight excluding hydrogens is 360 g/mol. The van der Waals surface area contributed by atoms with E-state index in [9.17, 15) is 0 Å². The number of hydrogen-bond donors (Lipinski definition) is 0. The predicted octanol–water partition coefficient (Wildman–Crippen LogP) is 8.45. The van der Waals surface area contributed by atoms with E-state index in [0.717, 1.165) is 18.8 Å². The van der Waals surface area contributed by atoms with Crippen molar-refractivity contribution in [3.8, 4) is 0 Å². The molecule has 2 aromatic rings. The lowest BCUT2D eigenvalue weighted by Crippen LogP contribution is -2.09. The van der Waals surface area contributed by atoms with Gasteiger partial charge in [0.05, 0.1) is 0 Å². The zero-order valence-corrected chi connectivity index (χ0v) is 18.7. The van der Waals surface area contributed by atoms with Gasteiger partial charge in [-0.15, -0.1) is 0 Å². The molecule has 0 N–H and O–H groups in total. The van der Waals surface area contributed by atoms with Gasteiger partial charge in [0.15, 0.2) is 0 Å². The lowest BCUT2D eigenvalue weighted by Gasteiger charge is -2.18. The lowest BCUT2D eigenvalue weighted by atomic mass is 9.86. The van der Waals surface area contributed by atoms with E-state index in [1.165, 1.54) is 59.1 Å². The van der Waals surface area contributed by atoms with Crippen LogP contribution in [0.3, 0.4) is 0 Å². The average molecular weight is 395 g/mol. The minimum Gasteiger partial charge on any atom is -0.0761 e. The van der Waals surface area contributed by atoms with Crippen LogP contribution >= 0.6 is 0 Å². The molecule has 5 rings (SSSR count). The van der Waals surface area contributed by atoms with Crippen LogP contribution in [0.1, 0.15) is 86.6 Å². The minimum atomic E-state index is 0.320. The Morgan fingerprint density at radius 2 is 1.77 bits per heavy atom. The Hall–Kier alpha value is -2.34. The normalized spacial score (nSPS) is 21.1. The molecule has 0 aromatic heterocycles. The molecule has 0 bridgehead atoms. The summed E-state index contributed by atoms with van der Waals surface area (Å²) in [5, 5.41) is 0. The molecule has 0 radical (unpaired) electrons. The van der Waals surface area contributed by atoms with Crippen molar-refractivity contribution in [1.82, 2.24) is 0 Å². The Bertz CT molecular complexity index is 1030. The number of fused-ring (bicyclic) bond motifs is 1. The summed E-state index contributed by atoms with van der Waals surface area (Å²) >= 11 is 0. The summed E-state index contributed by atoms with van der Waals surface area (Å²) < 4.78 is 0. The van der Waals surface area contributed by atoms with Crippen LogP contribution in [0.2, 0.25) is 0 Å². The molecule has 2 aromatic carbocycles. The van der Waals surface area contributed by atoms with Gasteiger partial charge in [-0.25, -0.2) is 0 Å². The Balaban J connectivity index is 1.36. The van der Waals surface area contributed by atoms with E-state index in [-0.39, 0.29) is 0 Å². The highest BCUT2D eigenvalue weighted by Gasteiger charge is 2.28. The topological polar surface area (TPSA) is 0 Å². The fourth-order valence-corrected chi connectivity index (χ4v) is 5.66. The zero-order chi connectivity index (χ0) is 20.7. The van der Waals surface area contributed by atoms with E-state index in [0.29, 0.717) is 11.3 Å². The van der Waals surface area contributed by atoms with Gasteiger partial charge in [0.2, 0.25) is 0 Å². The largest absolute Gasteiger partial charge is 0.0761 e. The fraction of sp³-hybridized carbons (Fsp3) is 0.400. The Morgan fingerprint density at radius 1 is 0.933 bits per heavy atom. The molecule has 0 amide bonds. The molecule has 0 saturated heterocycles. The molecule has 0 heteroatoms. The van der Waals surface area contributed by atoms with Crippen molar-refractivity contribution in [2.24, 2.45) is 11.3 Å². The molecule has 0 heterocycles. The Labute approximate surface area is 182 Å². The molecule has 1 fully saturated rings. The van der Waals surface area contributed by atoms with Crippen molar-refractivity contribution < 1.29 is 0 Å². The van der Waals surface area contributed by atoms with Crippen LogP contribution in [0.5, 0.6) is 0 Å². The standard InChI is InChI=1S/C30H34/c1-30(2,3)20-21-7-6-10-23(17-21)24-11-12-25(18-24)26-13-15-29-27(19-26)14-16-28(29)22-8-4-5-9-22/h6-7,10,12-19,22,28H,4-5,8-9,11,20H2,1-3H3. The third-order valence-corrected chi connectivity index (χ3v) is 7.07. The molecule has 30 heavy (non-hydrogen) atoms. The van der Waals surface area contributed by atoms with Gasteiger partial charge >= 0.3 is 0 Å². The van der Waals surface area contributed by atoms with Crippen LogP contribution < -0.4 is 0 Å². The van der Waals surface area contributed by atoms with Crippen LogP contribution in [0.4, 0.5) is 0 Å². The van der Waals surface area contributed by atoms with Crippen LogP contribution in [-0.4, -0.2) is 0 Å². The van der Waals surface area contributed by atoms with Gasteiger partial charge in [0, 0.05) is 5.92 Å². The lowest BCUT2D eigenvalue weighted by molar-refractivity contribution is 0.411. The maximum Gasteiger partial charge on any atom is 0.00555 e. The summed E-state index contributed by atoms with van der Waals surface area (Å²) in [6.07, 6.45) is 17.4. The summed E-state index contributed by atoms with van der Waals surface area (Å²) in [5.41, 5.74) is 10.3. The van der Waals surface area contributed by atoms with Gasteiger partial charge in [-0.05, 0) is 82.0 Å². The molecule has 0 spiro atoms. The third kappa shape index (κ3) is 3.97. The highest BCUT2D eigenvalue weighted by molar-refractivity contribution is 5.90. The monoisotopic (exact) mass is 394 g/mol. The molecule has 1 atom stereocenters. The predicted molar refractivity (Wildman–Crippen MR) is 130 cm³/mol. The van der Waals surface area contributed by atoms with E-state index in [4.69, 9.17) is 0 Å². The van der Waals surface area contributed by atoms with Gasteiger partial charge in [-0.2, -0.15) is 0 Å². The Kier molecular flexibility index (Phi) is 5.05. The van der Waals surface area contributed by atoms with Crippen molar-refractivity contribution in [1.29, 1.82) is 0 Å². The molecule has 0 aliphatic heterocycles. The third-order valence-electron chi connectivity index (χ3n) is 7.07. The number of hydrogen-bond acceptors (Lipinski definition) is 0. The van der Waals surface area contributed by atoms with E-state index in [1.54, 1.807) is 5.56 Å². The molecule has 3 aliphatic carbocycles. The average Bonchev–Trinajstić information content (AvgIpc) is 3.45. The molecule has 3 aliphatic rings. The first kappa shape index (κ1) is 19.6. The molecule has 1 unspecified atom stereocenters. The van der Waals surface area contributed by atoms with Crippen molar-refractivity contribution in [2.45, 2.75) is 65.2 Å². The van der Waals surface area contributed by atoms with Crippen LogP contribution in [0.25, 0.3) is 17.2 Å². The van der Waals surface area contributed by atoms with Crippen molar-refractivity contribution in [3.63, 3.8) is 0 Å². The summed E-state index contributed by atoms with van der Waals surface area (Å²) in [7, 11) is 0. The quantitative estimate of drug-likeness (QED) is 0.488. The first-order valence-electron chi connectivity index (χ1n) is 11.8. The second-order valence-corrected chi connectivity index (χ2v) is 10.7. The van der Waals surface area contributed by atoms with Gasteiger partial charge in [0.1, 0.15) is 0 Å². The van der Waals surface area contributed by atoms with Crippen molar-refractivity contribution in [2.75, 3.05) is 0 Å². The number of benzene rings is 2. The number of allylic oxidation sites excluding steroid dienone is 5. The first-order valence-corrected chi connectivity index (χ1v) is 11.8. The van der Waals surface area contributed by atoms with Crippen LogP contribution in [-0.2, 0) is 6.42 Å². The van der Waals surface area contributed by atoms with E-state index in [2.05, 4.69) is 87.5 Å². The molecule has 0 nitrogen and oxygen atoms in total. The van der Waals surface area contributed by atoms with Crippen LogP contribution in [0.15, 0.2) is 60.7 Å². The maximum absolute atomic E-state index is 2.47. The summed E-state index contributed by atoms with van der Waals surface area (Å²) in [5.74, 6) is 1.52. The van der Waals surface area contributed by atoms with Crippen molar-refractivity contribution >= 4 is 17.2 Å². The van der Waals surface area contributed by atoms with Gasteiger partial charge < -0.3 is 0 Å². The van der Waals surface area contributed by atoms with E-state index < -0.39 is 0 Å². The van der Waals surface area contributed by atoms with E-state index >= 15 is 0 Å². The van der Waals surface area contributed by atoms with Gasteiger partial charge in [-0.3, -0.25) is 0 Å². The second kappa shape index (κ2) is 7.73. The molecular formula is C30H34. The summed E-state index contributed by atoms with van der Waals surface area (Å²) in [4.78, 5) is 0. The fourth-order valence-electron chi connectivity index (χ4n) is 5.66. The van der Waals surface area contributed by atoms with Crippen LogP contribution in [0, 0.1) is 11.3 Å². The van der Waals surface area contributed by atoms with E-state index in [1.807, 2.05) is 0 Å². The first-order chi connectivity index (χ1) is 14.5. The summed E-state index contributed by atoms with van der Waals surface area (Å²) in [6, 6.07) is 16.3. The molecule has 1 saturated carbocycles. The Morgan fingerprint density at radius 3 is 2.57 bits per heavy atom. The summed E-state index contributed by atoms with van der Waals surface area (Å²) in [6.45, 7) is 6.94. The van der Waals surface area contributed by atoms with Gasteiger partial charge in [0.25, 0.3) is 0 Å². The zero-order valence-electron chi connectivity index (χ0n) is 18.7. The smallest absolute Gasteiger partial charge is 0.00555 e. The highest BCUT2D eigenvalue weighted by atomic mass is 14.3. The van der Waals surface area contributed by atoms with Gasteiger partial charge in [-0.1, -0.05) is 94.3 Å². The highest BCUT2D eigenvalue weighted by Crippen LogP contribution is 2.44. The molecule has 154 valence electrons. The minimum absolute atomic E-state index is 0.320. The SMILES string of the molecule is CC(C)(C)Cc1cccc(C2=CC(c3ccc4c(c3)C=CC4C3CCCC3)=CC2)c1. The van der Waals surface area contributed by atoms with Crippen molar-refractivity contribution in [3.05, 3.63) is 88.5 Å². The maximum atomic E-state index is 2.47. The second-order valence-electron chi connectivity index (χ2n) is 10.7. The number of rotatable bonds is 4.